The molecule has 1 rings (SSSR count). The van der Waals surface area contributed by atoms with Crippen LogP contribution in [-0.4, -0.2) is 6.98 Å². The van der Waals surface area contributed by atoms with Crippen LogP contribution in [0.4, 0.5) is 18.6 Å². The van der Waals surface area contributed by atoms with Crippen molar-refractivity contribution in [2.45, 2.75) is 0 Å². The quantitative estimate of drug-likeness (QED) is 0.589. The van der Waals surface area contributed by atoms with Crippen LogP contribution in [0.25, 0.3) is 0 Å². The van der Waals surface area contributed by atoms with Crippen LogP contribution in [-0.2, 0) is 0 Å². The Hall–Kier alpha value is -0.645. The molecular weight excluding hydrogens is 234 g/mol. The second-order valence-electron chi connectivity index (χ2n) is 2.36. The number of hydrogen-bond donors (Lipinski definition) is 1. The molecule has 0 aliphatic heterocycles. The molecule has 0 aliphatic rings. The van der Waals surface area contributed by atoms with E-state index in [4.69, 9.17) is 5.73 Å². The lowest BCUT2D eigenvalue weighted by Crippen LogP contribution is -2.33. The molecule has 0 aliphatic carbocycles. The van der Waals surface area contributed by atoms with Gasteiger partial charge in [0.05, 0.1) is 0 Å². The summed E-state index contributed by atoms with van der Waals surface area (Å²) in [5, 5.41) is 0. The lowest BCUT2D eigenvalue weighted by atomic mass is 9.80. The largest absolute Gasteiger partial charge is 0.509 e. The molecule has 2 N–H and O–H groups in total. The van der Waals surface area contributed by atoms with Gasteiger partial charge in [0.1, 0.15) is 0 Å². The van der Waals surface area contributed by atoms with Crippen LogP contribution < -0.4 is 11.2 Å². The molecule has 0 fully saturated rings. The third-order valence-corrected chi connectivity index (χ3v) is 2.09. The average Bonchev–Trinajstić information content (AvgIpc) is 1.92. The van der Waals surface area contributed by atoms with Crippen molar-refractivity contribution in [1.29, 1.82) is 0 Å². The summed E-state index contributed by atoms with van der Waals surface area (Å²) in [6.07, 6.45) is 0. The molecule has 0 saturated carbocycles. The van der Waals surface area contributed by atoms with Crippen molar-refractivity contribution in [3.63, 3.8) is 0 Å². The first-order valence-corrected chi connectivity index (χ1v) is 3.95. The Balaban J connectivity index is 3.14. The lowest BCUT2D eigenvalue weighted by Gasteiger charge is -2.15. The van der Waals surface area contributed by atoms with Crippen molar-refractivity contribution in [2.75, 3.05) is 5.73 Å². The first kappa shape index (κ1) is 9.44. The lowest BCUT2D eigenvalue weighted by molar-refractivity contribution is 0.501. The highest BCUT2D eigenvalue weighted by molar-refractivity contribution is 9.10. The van der Waals surface area contributed by atoms with E-state index in [1.165, 1.54) is 6.07 Å². The summed E-state index contributed by atoms with van der Waals surface area (Å²) in [5.41, 5.74) is 4.99. The Morgan fingerprint density at radius 3 is 2.25 bits per heavy atom. The minimum atomic E-state index is -4.92. The first-order chi connectivity index (χ1) is 5.41. The molecule has 0 saturated heterocycles. The summed E-state index contributed by atoms with van der Waals surface area (Å²) in [5.74, 6) is 0. The van der Waals surface area contributed by atoms with Gasteiger partial charge in [-0.3, -0.25) is 0 Å². The van der Waals surface area contributed by atoms with Gasteiger partial charge in [0, 0.05) is 10.2 Å². The third-order valence-electron chi connectivity index (χ3n) is 1.40. The van der Waals surface area contributed by atoms with E-state index in [9.17, 15) is 12.9 Å². The Morgan fingerprint density at radius 2 is 1.83 bits per heavy atom. The molecule has 66 valence electrons. The third kappa shape index (κ3) is 1.94. The summed E-state index contributed by atoms with van der Waals surface area (Å²) < 4.78 is 36.6. The number of benzene rings is 1. The fourth-order valence-corrected chi connectivity index (χ4v) is 1.14. The smallest absolute Gasteiger partial charge is 0.445 e. The van der Waals surface area contributed by atoms with Crippen LogP contribution in [0.3, 0.4) is 0 Å². The van der Waals surface area contributed by atoms with Gasteiger partial charge in [0.2, 0.25) is 0 Å². The highest BCUT2D eigenvalue weighted by atomic mass is 79.9. The maximum atomic E-state index is 12.1. The maximum absolute atomic E-state index is 12.1. The molecule has 6 heteroatoms. The Bertz CT molecular complexity index is 299. The first-order valence-electron chi connectivity index (χ1n) is 3.16. The van der Waals surface area contributed by atoms with E-state index in [2.05, 4.69) is 15.9 Å². The van der Waals surface area contributed by atoms with Gasteiger partial charge >= 0.3 is 6.98 Å². The van der Waals surface area contributed by atoms with Crippen LogP contribution >= 0.6 is 15.9 Å². The molecule has 1 aromatic rings. The van der Waals surface area contributed by atoms with Crippen LogP contribution in [0.1, 0.15) is 0 Å². The summed E-state index contributed by atoms with van der Waals surface area (Å²) in [6, 6.07) is 3.18. The van der Waals surface area contributed by atoms with Gasteiger partial charge in [0.25, 0.3) is 0 Å². The second kappa shape index (κ2) is 3.01. The van der Waals surface area contributed by atoms with Gasteiger partial charge in [0.15, 0.2) is 0 Å². The van der Waals surface area contributed by atoms with Crippen molar-refractivity contribution >= 4 is 34.1 Å². The fraction of sp³-hybridized carbons (Fsp3) is 0. The minimum Gasteiger partial charge on any atom is -0.445 e. The molecule has 0 spiro atoms. The number of hydrogen-bond acceptors (Lipinski definition) is 1. The van der Waals surface area contributed by atoms with E-state index in [0.29, 0.717) is 5.69 Å². The zero-order valence-corrected chi connectivity index (χ0v) is 7.48. The van der Waals surface area contributed by atoms with Gasteiger partial charge < -0.3 is 18.7 Å². The van der Waals surface area contributed by atoms with Gasteiger partial charge in [-0.25, -0.2) is 0 Å². The van der Waals surface area contributed by atoms with Crippen LogP contribution in [0.5, 0.6) is 0 Å². The predicted molar refractivity (Wildman–Crippen MR) is 47.3 cm³/mol. The zero-order valence-electron chi connectivity index (χ0n) is 5.90. The highest BCUT2D eigenvalue weighted by Crippen LogP contribution is 2.19. The van der Waals surface area contributed by atoms with E-state index in [1.807, 2.05) is 0 Å². The van der Waals surface area contributed by atoms with E-state index >= 15 is 0 Å². The van der Waals surface area contributed by atoms with Crippen molar-refractivity contribution in [3.8, 4) is 0 Å². The topological polar surface area (TPSA) is 26.0 Å². The van der Waals surface area contributed by atoms with Crippen LogP contribution in [0.15, 0.2) is 22.7 Å². The molecule has 0 atom stereocenters. The van der Waals surface area contributed by atoms with Gasteiger partial charge in [-0.1, -0.05) is 12.1 Å². The number of nitrogen functional groups attached to an aromatic ring is 1. The SMILES string of the molecule is Nc1ccc([B-](F)(F)F)cc1Br. The average molecular weight is 239 g/mol. The van der Waals surface area contributed by atoms with Crippen molar-refractivity contribution < 1.29 is 12.9 Å². The molecule has 12 heavy (non-hydrogen) atoms. The number of anilines is 1. The summed E-state index contributed by atoms with van der Waals surface area (Å²) in [7, 11) is 0. The molecule has 1 aromatic carbocycles. The molecule has 0 aromatic heterocycles. The molecule has 1 nitrogen and oxygen atoms in total. The molecule has 0 amide bonds. The van der Waals surface area contributed by atoms with Gasteiger partial charge in [-0.15, -0.1) is 5.46 Å². The monoisotopic (exact) mass is 238 g/mol. The number of halogens is 4. The predicted octanol–water partition coefficient (Wildman–Crippen LogP) is 2.09. The van der Waals surface area contributed by atoms with Crippen molar-refractivity contribution in [1.82, 2.24) is 0 Å². The second-order valence-corrected chi connectivity index (χ2v) is 3.21. The Kier molecular flexibility index (Phi) is 2.37. The molecule has 0 heterocycles. The van der Waals surface area contributed by atoms with Crippen molar-refractivity contribution in [3.05, 3.63) is 22.7 Å². The molecule has 0 radical (unpaired) electrons. The van der Waals surface area contributed by atoms with E-state index in [-0.39, 0.29) is 4.47 Å². The zero-order chi connectivity index (χ0) is 9.35. The van der Waals surface area contributed by atoms with Crippen LogP contribution in [0, 0.1) is 0 Å². The Morgan fingerprint density at radius 1 is 1.25 bits per heavy atom. The van der Waals surface area contributed by atoms with E-state index < -0.39 is 12.4 Å². The van der Waals surface area contributed by atoms with E-state index in [1.54, 1.807) is 0 Å². The summed E-state index contributed by atoms with van der Waals surface area (Å²) in [4.78, 5) is 0. The normalized spacial score (nSPS) is 11.7. The van der Waals surface area contributed by atoms with Crippen molar-refractivity contribution in [2.24, 2.45) is 0 Å². The number of nitrogens with two attached hydrogens (primary N) is 1. The van der Waals surface area contributed by atoms with E-state index in [0.717, 1.165) is 12.1 Å². The summed E-state index contributed by atoms with van der Waals surface area (Å²) >= 11 is 2.92. The Labute approximate surface area is 75.9 Å². The molecule has 0 unspecified atom stereocenters. The summed E-state index contributed by atoms with van der Waals surface area (Å²) in [6.45, 7) is -4.92. The highest BCUT2D eigenvalue weighted by Gasteiger charge is 2.25. The number of rotatable bonds is 1. The maximum Gasteiger partial charge on any atom is 0.509 e. The molecular formula is C6H5BBrF3N-. The van der Waals surface area contributed by atoms with Gasteiger partial charge in [-0.05, 0) is 22.0 Å². The molecule has 0 bridgehead atoms. The minimum absolute atomic E-state index is 0.277. The fourth-order valence-electron chi connectivity index (χ4n) is 0.747. The van der Waals surface area contributed by atoms with Gasteiger partial charge in [-0.2, -0.15) is 0 Å². The standard InChI is InChI=1S/C6H5BBrF3N/c8-5-3-4(7(9,10)11)1-2-6(5)12/h1-3H,12H2/q-1. The van der Waals surface area contributed by atoms with Crippen LogP contribution in [0.2, 0.25) is 0 Å².